The summed E-state index contributed by atoms with van der Waals surface area (Å²) in [6.07, 6.45) is -0.865. The van der Waals surface area contributed by atoms with Gasteiger partial charge in [0, 0.05) is 0 Å². The summed E-state index contributed by atoms with van der Waals surface area (Å²) in [5.74, 6) is -1.38. The molecule has 1 aromatic carbocycles. The molecule has 0 fully saturated rings. The molecule has 1 unspecified atom stereocenters. The number of carboxylic acids is 1. The van der Waals surface area contributed by atoms with Gasteiger partial charge < -0.3 is 20.3 Å². The zero-order valence-corrected chi connectivity index (χ0v) is 10.4. The maximum absolute atomic E-state index is 11.1. The van der Waals surface area contributed by atoms with Crippen molar-refractivity contribution < 1.29 is 24.5 Å². The summed E-state index contributed by atoms with van der Waals surface area (Å²) < 4.78 is 4.84. The molecule has 0 saturated heterocycles. The maximum Gasteiger partial charge on any atom is 0.407 e. The fourth-order valence-corrected chi connectivity index (χ4v) is 1.40. The number of rotatable bonds is 7. The molecule has 3 N–H and O–H groups in total. The van der Waals surface area contributed by atoms with E-state index in [1.165, 1.54) is 0 Å². The third kappa shape index (κ3) is 6.42. The summed E-state index contributed by atoms with van der Waals surface area (Å²) in [5, 5.41) is 19.5. The van der Waals surface area contributed by atoms with E-state index in [0.29, 0.717) is 6.42 Å². The van der Waals surface area contributed by atoms with Gasteiger partial charge in [-0.3, -0.25) is 0 Å². The lowest BCUT2D eigenvalue weighted by Crippen LogP contribution is -2.36. The summed E-state index contributed by atoms with van der Waals surface area (Å²) in [7, 11) is 0. The van der Waals surface area contributed by atoms with Crippen molar-refractivity contribution in [1.29, 1.82) is 0 Å². The van der Waals surface area contributed by atoms with Crippen LogP contribution >= 0.6 is 0 Å². The first-order valence-electron chi connectivity index (χ1n) is 5.95. The predicted molar refractivity (Wildman–Crippen MR) is 67.8 cm³/mol. The minimum absolute atomic E-state index is 0.240. The number of amides is 1. The number of benzene rings is 1. The molecule has 0 aromatic heterocycles. The largest absolute Gasteiger partial charge is 0.479 e. The van der Waals surface area contributed by atoms with Crippen LogP contribution in [-0.4, -0.2) is 41.5 Å². The number of carbonyl (C=O) groups excluding carboxylic acids is 1. The first-order valence-corrected chi connectivity index (χ1v) is 5.95. The zero-order chi connectivity index (χ0) is 14.1. The molecule has 0 bridgehead atoms. The first kappa shape index (κ1) is 15.0. The molecule has 104 valence electrons. The van der Waals surface area contributed by atoms with Crippen molar-refractivity contribution in [3.8, 4) is 0 Å². The molecule has 1 aromatic rings. The Morgan fingerprint density at radius 1 is 1.26 bits per heavy atom. The van der Waals surface area contributed by atoms with E-state index in [2.05, 4.69) is 5.32 Å². The Bertz CT molecular complexity index is 407. The molecule has 0 saturated carbocycles. The Labute approximate surface area is 111 Å². The molecule has 1 rings (SSSR count). The highest BCUT2D eigenvalue weighted by atomic mass is 16.5. The monoisotopic (exact) mass is 267 g/mol. The van der Waals surface area contributed by atoms with Crippen LogP contribution in [0.3, 0.4) is 0 Å². The molecule has 1 amide bonds. The smallest absolute Gasteiger partial charge is 0.407 e. The molecule has 0 aliphatic heterocycles. The van der Waals surface area contributed by atoms with Crippen molar-refractivity contribution in [1.82, 2.24) is 5.32 Å². The van der Waals surface area contributed by atoms with Crippen molar-refractivity contribution in [2.24, 2.45) is 0 Å². The molecule has 6 heteroatoms. The Hall–Kier alpha value is -2.08. The lowest BCUT2D eigenvalue weighted by atomic mass is 10.1. The summed E-state index contributed by atoms with van der Waals surface area (Å²) >= 11 is 0. The molecule has 1 atom stereocenters. The number of aliphatic carboxylic acids is 1. The van der Waals surface area contributed by atoms with Crippen LogP contribution in [0.2, 0.25) is 0 Å². The summed E-state index contributed by atoms with van der Waals surface area (Å²) in [6.45, 7) is -0.128. The number of aliphatic hydroxyl groups is 1. The van der Waals surface area contributed by atoms with Crippen molar-refractivity contribution in [2.45, 2.75) is 18.9 Å². The van der Waals surface area contributed by atoms with Crippen molar-refractivity contribution in [3.63, 3.8) is 0 Å². The number of aliphatic hydroxyl groups excluding tert-OH is 1. The molecular weight excluding hydrogens is 250 g/mol. The minimum Gasteiger partial charge on any atom is -0.479 e. The van der Waals surface area contributed by atoms with Crippen LogP contribution in [0.4, 0.5) is 4.79 Å². The highest BCUT2D eigenvalue weighted by molar-refractivity contribution is 5.74. The highest BCUT2D eigenvalue weighted by Crippen LogP contribution is 2.02. The van der Waals surface area contributed by atoms with E-state index in [0.717, 1.165) is 12.0 Å². The lowest BCUT2D eigenvalue weighted by molar-refractivity contribution is -0.146. The molecule has 0 aliphatic carbocycles. The minimum atomic E-state index is -1.61. The fourth-order valence-electron chi connectivity index (χ4n) is 1.40. The van der Waals surface area contributed by atoms with E-state index < -0.39 is 18.2 Å². The van der Waals surface area contributed by atoms with Crippen LogP contribution in [-0.2, 0) is 16.0 Å². The third-order valence-electron chi connectivity index (χ3n) is 2.41. The second kappa shape index (κ2) is 8.10. The van der Waals surface area contributed by atoms with E-state index in [4.69, 9.17) is 14.9 Å². The van der Waals surface area contributed by atoms with Gasteiger partial charge in [0.2, 0.25) is 0 Å². The van der Waals surface area contributed by atoms with Gasteiger partial charge in [-0.25, -0.2) is 9.59 Å². The fraction of sp³-hybridized carbons (Fsp3) is 0.385. The quantitative estimate of drug-likeness (QED) is 0.635. The number of ether oxygens (including phenoxy) is 1. The van der Waals surface area contributed by atoms with Gasteiger partial charge in [0.05, 0.1) is 13.2 Å². The lowest BCUT2D eigenvalue weighted by Gasteiger charge is -2.08. The number of hydrogen-bond donors (Lipinski definition) is 3. The van der Waals surface area contributed by atoms with Crippen molar-refractivity contribution in [2.75, 3.05) is 13.2 Å². The van der Waals surface area contributed by atoms with E-state index >= 15 is 0 Å². The number of hydrogen-bond acceptors (Lipinski definition) is 4. The molecule has 0 radical (unpaired) electrons. The van der Waals surface area contributed by atoms with Gasteiger partial charge >= 0.3 is 12.1 Å². The average Bonchev–Trinajstić information content (AvgIpc) is 2.42. The van der Waals surface area contributed by atoms with Crippen LogP contribution in [0.15, 0.2) is 30.3 Å². The van der Waals surface area contributed by atoms with Crippen molar-refractivity contribution >= 4 is 12.1 Å². The number of nitrogens with one attached hydrogen (secondary N) is 1. The van der Waals surface area contributed by atoms with Gasteiger partial charge in [-0.15, -0.1) is 0 Å². The van der Waals surface area contributed by atoms with Crippen LogP contribution in [0.1, 0.15) is 12.0 Å². The Morgan fingerprint density at radius 2 is 1.95 bits per heavy atom. The molecule has 0 heterocycles. The van der Waals surface area contributed by atoms with Gasteiger partial charge in [0.1, 0.15) is 0 Å². The SMILES string of the molecule is O=C(NCC(O)C(=O)O)OCCCc1ccccc1. The van der Waals surface area contributed by atoms with Gasteiger partial charge in [-0.2, -0.15) is 0 Å². The molecule has 0 aliphatic rings. The Balaban J connectivity index is 2.09. The maximum atomic E-state index is 11.1. The predicted octanol–water partition coefficient (Wildman–Crippen LogP) is 0.791. The first-order chi connectivity index (χ1) is 9.09. The highest BCUT2D eigenvalue weighted by Gasteiger charge is 2.14. The normalized spacial score (nSPS) is 11.6. The van der Waals surface area contributed by atoms with Crippen LogP contribution in [0, 0.1) is 0 Å². The van der Waals surface area contributed by atoms with Crippen molar-refractivity contribution in [3.05, 3.63) is 35.9 Å². The second-order valence-corrected chi connectivity index (χ2v) is 3.96. The van der Waals surface area contributed by atoms with Crippen LogP contribution in [0.25, 0.3) is 0 Å². The number of carboxylic acid groups (broad SMARTS) is 1. The Morgan fingerprint density at radius 3 is 2.58 bits per heavy atom. The van der Waals surface area contributed by atoms with Crippen LogP contribution in [0.5, 0.6) is 0 Å². The summed E-state index contributed by atoms with van der Waals surface area (Å²) in [5.41, 5.74) is 1.16. The third-order valence-corrected chi connectivity index (χ3v) is 2.41. The molecule has 19 heavy (non-hydrogen) atoms. The van der Waals surface area contributed by atoms with E-state index in [-0.39, 0.29) is 13.2 Å². The van der Waals surface area contributed by atoms with E-state index in [1.807, 2.05) is 30.3 Å². The van der Waals surface area contributed by atoms with Gasteiger partial charge in [-0.05, 0) is 18.4 Å². The second-order valence-electron chi connectivity index (χ2n) is 3.96. The van der Waals surface area contributed by atoms with E-state index in [9.17, 15) is 9.59 Å². The van der Waals surface area contributed by atoms with Crippen LogP contribution < -0.4 is 5.32 Å². The summed E-state index contributed by atoms with van der Waals surface area (Å²) in [4.78, 5) is 21.4. The number of carbonyl (C=O) groups is 2. The molecule has 6 nitrogen and oxygen atoms in total. The Kier molecular flexibility index (Phi) is 6.38. The van der Waals surface area contributed by atoms with Gasteiger partial charge in [0.25, 0.3) is 0 Å². The summed E-state index contributed by atoms with van der Waals surface area (Å²) in [6, 6.07) is 9.79. The molecular formula is C13H17NO5. The molecule has 0 spiro atoms. The topological polar surface area (TPSA) is 95.9 Å². The number of aryl methyl sites for hydroxylation is 1. The standard InChI is InChI=1S/C13H17NO5/c15-11(12(16)17)9-14-13(18)19-8-4-7-10-5-2-1-3-6-10/h1-3,5-6,11,15H,4,7-9H2,(H,14,18)(H,16,17). The van der Waals surface area contributed by atoms with Gasteiger partial charge in [-0.1, -0.05) is 30.3 Å². The van der Waals surface area contributed by atoms with Gasteiger partial charge in [0.15, 0.2) is 6.10 Å². The zero-order valence-electron chi connectivity index (χ0n) is 10.4. The van der Waals surface area contributed by atoms with E-state index in [1.54, 1.807) is 0 Å². The average molecular weight is 267 g/mol. The number of alkyl carbamates (subject to hydrolysis) is 1.